The molecule has 0 bridgehead atoms. The van der Waals surface area contributed by atoms with E-state index in [4.69, 9.17) is 10.5 Å². The smallest absolute Gasteiger partial charge is 0.416 e. The van der Waals surface area contributed by atoms with Crippen LogP contribution in [0.5, 0.6) is 0 Å². The normalized spacial score (nSPS) is 17.0. The van der Waals surface area contributed by atoms with Crippen molar-refractivity contribution in [2.24, 2.45) is 10.7 Å². The second kappa shape index (κ2) is 11.1. The number of alkyl halides is 3. The molecule has 3 aromatic rings. The Morgan fingerprint density at radius 3 is 2.56 bits per heavy atom. The van der Waals surface area contributed by atoms with Gasteiger partial charge in [0.2, 0.25) is 0 Å². The number of nitrogens with zero attached hydrogens (tertiary/aromatic N) is 3. The molecule has 15 heteroatoms. The maximum absolute atomic E-state index is 14.0. The van der Waals surface area contributed by atoms with E-state index in [9.17, 15) is 32.3 Å². The number of fused-ring (bicyclic) bond motifs is 1. The molecule has 2 amide bonds. The van der Waals surface area contributed by atoms with E-state index >= 15 is 0 Å². The molecule has 5 rings (SSSR count). The first-order chi connectivity index (χ1) is 19.5. The highest BCUT2D eigenvalue weighted by Gasteiger charge is 2.32. The van der Waals surface area contributed by atoms with Crippen LogP contribution >= 0.6 is 0 Å². The van der Waals surface area contributed by atoms with E-state index in [0.29, 0.717) is 54.7 Å². The summed E-state index contributed by atoms with van der Waals surface area (Å²) in [5.74, 6) is -2.05. The van der Waals surface area contributed by atoms with Gasteiger partial charge in [-0.05, 0) is 42.0 Å². The van der Waals surface area contributed by atoms with E-state index in [2.05, 4.69) is 20.9 Å². The lowest BCUT2D eigenvalue weighted by Gasteiger charge is -2.35. The van der Waals surface area contributed by atoms with Crippen LogP contribution in [0.25, 0.3) is 11.1 Å². The summed E-state index contributed by atoms with van der Waals surface area (Å²) < 4.78 is 60.1. The number of ether oxygens (including phenoxy) is 1. The zero-order chi connectivity index (χ0) is 29.3. The van der Waals surface area contributed by atoms with Crippen LogP contribution in [0.15, 0.2) is 53.5 Å². The first-order valence-electron chi connectivity index (χ1n) is 12.4. The maximum Gasteiger partial charge on any atom is 0.416 e. The number of amidine groups is 1. The van der Waals surface area contributed by atoms with Gasteiger partial charge in [0.25, 0.3) is 0 Å². The number of carbonyl (C=O) groups excluding carboxylic acids is 1. The van der Waals surface area contributed by atoms with Gasteiger partial charge >= 0.3 is 18.2 Å². The summed E-state index contributed by atoms with van der Waals surface area (Å²) in [6, 6.07) is 8.40. The Morgan fingerprint density at radius 1 is 1.15 bits per heavy atom. The van der Waals surface area contributed by atoms with Crippen LogP contribution in [-0.4, -0.2) is 66.6 Å². The van der Waals surface area contributed by atoms with Crippen LogP contribution in [0.1, 0.15) is 21.7 Å². The summed E-state index contributed by atoms with van der Waals surface area (Å²) in [4.78, 5) is 28.9. The molecular weight excluding hydrogens is 550 g/mol. The number of carboxylic acid groups (broad SMARTS) is 1. The number of aliphatic imine (C=N–C) groups is 1. The van der Waals surface area contributed by atoms with Gasteiger partial charge < -0.3 is 31.5 Å². The number of halogens is 4. The summed E-state index contributed by atoms with van der Waals surface area (Å²) in [6.45, 7) is 2.37. The van der Waals surface area contributed by atoms with E-state index in [-0.39, 0.29) is 30.0 Å². The largest absolute Gasteiger partial charge is 0.477 e. The van der Waals surface area contributed by atoms with Crippen molar-refractivity contribution < 1.29 is 37.0 Å². The summed E-state index contributed by atoms with van der Waals surface area (Å²) in [6.07, 6.45) is -4.89. The zero-order valence-corrected chi connectivity index (χ0v) is 21.3. The van der Waals surface area contributed by atoms with Crippen molar-refractivity contribution in [3.8, 4) is 11.1 Å². The first-order valence-corrected chi connectivity index (χ1v) is 12.4. The molecule has 1 atom stereocenters. The van der Waals surface area contributed by atoms with Crippen molar-refractivity contribution in [2.45, 2.75) is 12.3 Å². The Balaban J connectivity index is 1.36. The molecule has 1 fully saturated rings. The fourth-order valence-electron chi connectivity index (χ4n) is 4.64. The molecule has 0 aliphatic carbocycles. The fraction of sp³-hybridized carbons (Fsp3) is 0.269. The van der Waals surface area contributed by atoms with E-state index in [1.54, 1.807) is 17.1 Å². The highest BCUT2D eigenvalue weighted by atomic mass is 19.4. The van der Waals surface area contributed by atoms with E-state index in [1.807, 2.05) is 0 Å². The van der Waals surface area contributed by atoms with Gasteiger partial charge in [-0.1, -0.05) is 12.1 Å². The number of rotatable bonds is 6. The molecule has 41 heavy (non-hydrogen) atoms. The average molecular weight is 576 g/mol. The van der Waals surface area contributed by atoms with Crippen LogP contribution in [0.4, 0.5) is 33.7 Å². The summed E-state index contributed by atoms with van der Waals surface area (Å²) in [5.41, 5.74) is 6.12. The molecule has 0 spiro atoms. The standard InChI is InChI=1S/C26H25F4N7O4/c27-19-6-3-15(26(28,29)30)9-20(19)35-25(40)34-16-4-1-14(2-5-16)18-10-21(24(38)39)37-22(18)23(31)33-13-36(37)12-17-11-32-7-8-41-17/h1-6,9-10,17,32H,7-8,11-13H2,(H2,31,33)(H,38,39)(H2,34,35,40). The molecule has 1 unspecified atom stereocenters. The van der Waals surface area contributed by atoms with Crippen molar-refractivity contribution in [1.82, 2.24) is 9.99 Å². The summed E-state index contributed by atoms with van der Waals surface area (Å²) in [5, 5.41) is 19.4. The zero-order valence-electron chi connectivity index (χ0n) is 21.3. The van der Waals surface area contributed by atoms with Gasteiger partial charge in [-0.2, -0.15) is 13.2 Å². The van der Waals surface area contributed by atoms with Crippen molar-refractivity contribution in [3.63, 3.8) is 0 Å². The predicted octanol–water partition coefficient (Wildman–Crippen LogP) is 3.26. The van der Waals surface area contributed by atoms with Gasteiger partial charge in [-0.3, -0.25) is 5.01 Å². The Labute approximate surface area is 230 Å². The Hall–Kier alpha value is -4.63. The molecule has 1 saturated heterocycles. The van der Waals surface area contributed by atoms with Crippen LogP contribution in [0.2, 0.25) is 0 Å². The lowest BCUT2D eigenvalue weighted by atomic mass is 10.0. The number of benzene rings is 2. The maximum atomic E-state index is 14.0. The Morgan fingerprint density at radius 2 is 1.90 bits per heavy atom. The molecular formula is C26H25F4N7O4. The van der Waals surface area contributed by atoms with Gasteiger partial charge in [0, 0.05) is 24.3 Å². The predicted molar refractivity (Wildman–Crippen MR) is 142 cm³/mol. The minimum absolute atomic E-state index is 0.0266. The third-order valence-electron chi connectivity index (χ3n) is 6.54. The van der Waals surface area contributed by atoms with E-state index in [1.165, 1.54) is 22.9 Å². The molecule has 2 aliphatic rings. The highest BCUT2D eigenvalue weighted by Crippen LogP contribution is 2.33. The molecule has 2 aromatic carbocycles. The number of aromatic nitrogens is 1. The molecule has 1 aromatic heterocycles. The number of urea groups is 1. The quantitative estimate of drug-likeness (QED) is 0.284. The van der Waals surface area contributed by atoms with E-state index in [0.717, 1.165) is 6.54 Å². The molecule has 11 nitrogen and oxygen atoms in total. The number of hydrogen-bond donors (Lipinski definition) is 5. The van der Waals surface area contributed by atoms with Crippen LogP contribution in [0, 0.1) is 5.82 Å². The van der Waals surface area contributed by atoms with Gasteiger partial charge in [-0.15, -0.1) is 0 Å². The Kier molecular flexibility index (Phi) is 7.55. The molecule has 3 heterocycles. The number of anilines is 2. The lowest BCUT2D eigenvalue weighted by molar-refractivity contribution is -0.137. The second-order valence-corrected chi connectivity index (χ2v) is 9.33. The van der Waals surface area contributed by atoms with Gasteiger partial charge in [0.15, 0.2) is 0 Å². The Bertz CT molecular complexity index is 1500. The number of morpholine rings is 1. The van der Waals surface area contributed by atoms with Crippen molar-refractivity contribution in [3.05, 3.63) is 71.3 Å². The van der Waals surface area contributed by atoms with Crippen LogP contribution < -0.4 is 26.7 Å². The van der Waals surface area contributed by atoms with Crippen molar-refractivity contribution >= 4 is 29.2 Å². The average Bonchev–Trinajstić information content (AvgIpc) is 3.34. The first kappa shape index (κ1) is 27.9. The van der Waals surface area contributed by atoms with Crippen molar-refractivity contribution in [1.29, 1.82) is 0 Å². The number of carbonyl (C=O) groups is 2. The van der Waals surface area contributed by atoms with Gasteiger partial charge in [-0.25, -0.2) is 23.6 Å². The van der Waals surface area contributed by atoms with Crippen LogP contribution in [0.3, 0.4) is 0 Å². The monoisotopic (exact) mass is 575 g/mol. The number of nitrogens with two attached hydrogens (primary N) is 1. The van der Waals surface area contributed by atoms with Crippen molar-refractivity contribution in [2.75, 3.05) is 48.6 Å². The number of hydrogen-bond acceptors (Lipinski definition) is 7. The number of carboxylic acids is 1. The molecule has 0 radical (unpaired) electrons. The summed E-state index contributed by atoms with van der Waals surface area (Å²) in [7, 11) is 0. The van der Waals surface area contributed by atoms with Gasteiger partial charge in [0.1, 0.15) is 29.7 Å². The SMILES string of the molecule is NC1=NCN(CC2CNCCO2)n2c(C(=O)O)cc(-c3ccc(NC(=O)Nc4cc(C(F)(F)F)ccc4F)cc3)c21. The third-order valence-corrected chi connectivity index (χ3v) is 6.54. The number of nitrogens with one attached hydrogen (secondary N) is 3. The molecule has 216 valence electrons. The number of amides is 2. The molecule has 6 N–H and O–H groups in total. The number of aromatic carboxylic acids is 1. The fourth-order valence-corrected chi connectivity index (χ4v) is 4.64. The lowest BCUT2D eigenvalue weighted by Crippen LogP contribution is -2.52. The summed E-state index contributed by atoms with van der Waals surface area (Å²) >= 11 is 0. The third kappa shape index (κ3) is 5.95. The molecule has 2 aliphatic heterocycles. The molecule has 0 saturated carbocycles. The van der Waals surface area contributed by atoms with E-state index < -0.39 is 35.2 Å². The van der Waals surface area contributed by atoms with Crippen LogP contribution in [-0.2, 0) is 10.9 Å². The van der Waals surface area contributed by atoms with Gasteiger partial charge in [0.05, 0.1) is 30.5 Å². The highest BCUT2D eigenvalue weighted by molar-refractivity contribution is 6.06. The second-order valence-electron chi connectivity index (χ2n) is 9.33. The minimum atomic E-state index is -4.71. The topological polar surface area (TPSA) is 146 Å². The minimum Gasteiger partial charge on any atom is -0.477 e.